The highest BCUT2D eigenvalue weighted by molar-refractivity contribution is 9.09. The predicted molar refractivity (Wildman–Crippen MR) is 92.3 cm³/mol. The van der Waals surface area contributed by atoms with E-state index in [1.807, 2.05) is 6.92 Å². The van der Waals surface area contributed by atoms with Crippen LogP contribution in [0, 0.1) is 0 Å². The molecule has 1 unspecified atom stereocenters. The Morgan fingerprint density at radius 1 is 1.04 bits per heavy atom. The van der Waals surface area contributed by atoms with Gasteiger partial charge < -0.3 is 0 Å². The van der Waals surface area contributed by atoms with Crippen LogP contribution in [0.15, 0.2) is 42.5 Å². The molecule has 1 aromatic heterocycles. The van der Waals surface area contributed by atoms with Crippen molar-refractivity contribution in [3.8, 4) is 11.3 Å². The van der Waals surface area contributed by atoms with Gasteiger partial charge in [0.05, 0.1) is 32.3 Å². The minimum absolute atomic E-state index is 0.184. The van der Waals surface area contributed by atoms with E-state index in [0.29, 0.717) is 22.0 Å². The first-order valence-electron chi connectivity index (χ1n) is 7.06. The lowest BCUT2D eigenvalue weighted by atomic mass is 10.1. The molecule has 0 aliphatic carbocycles. The topological polar surface area (TPSA) is 25.8 Å². The van der Waals surface area contributed by atoms with Crippen molar-refractivity contribution in [3.05, 3.63) is 58.7 Å². The molecule has 0 fully saturated rings. The minimum Gasteiger partial charge on any atom is -0.248 e. The molecule has 1 atom stereocenters. The van der Waals surface area contributed by atoms with Crippen LogP contribution in [0.1, 0.15) is 23.0 Å². The summed E-state index contributed by atoms with van der Waals surface area (Å²) in [7, 11) is 0. The van der Waals surface area contributed by atoms with Crippen molar-refractivity contribution >= 4 is 38.6 Å². The van der Waals surface area contributed by atoms with Crippen molar-refractivity contribution < 1.29 is 13.2 Å². The smallest absolute Gasteiger partial charge is 0.248 e. The molecule has 0 radical (unpaired) electrons. The van der Waals surface area contributed by atoms with E-state index in [1.165, 1.54) is 12.1 Å². The molecule has 0 saturated heterocycles. The normalized spacial score (nSPS) is 13.2. The van der Waals surface area contributed by atoms with Gasteiger partial charge in [0.25, 0.3) is 0 Å². The highest BCUT2D eigenvalue weighted by atomic mass is 79.9. The zero-order chi connectivity index (χ0) is 17.5. The number of rotatable bonds is 2. The monoisotopic (exact) mass is 414 g/mol. The number of para-hydroxylation sites is 1. The highest BCUT2D eigenvalue weighted by Gasteiger charge is 2.34. The Balaban J connectivity index is 2.39. The second-order valence-electron chi connectivity index (χ2n) is 5.22. The largest absolute Gasteiger partial charge is 0.418 e. The van der Waals surface area contributed by atoms with Crippen LogP contribution in [0.4, 0.5) is 13.2 Å². The van der Waals surface area contributed by atoms with Gasteiger partial charge in [-0.3, -0.25) is 0 Å². The number of benzene rings is 2. The maximum absolute atomic E-state index is 13.3. The average Bonchev–Trinajstić information content (AvgIpc) is 2.52. The van der Waals surface area contributed by atoms with Gasteiger partial charge in [0.15, 0.2) is 0 Å². The Bertz CT molecular complexity index is 910. The molecule has 1 heterocycles. The third-order valence-corrected chi connectivity index (χ3v) is 4.30. The van der Waals surface area contributed by atoms with Crippen molar-refractivity contribution in [3.63, 3.8) is 0 Å². The van der Waals surface area contributed by atoms with E-state index in [4.69, 9.17) is 11.6 Å². The summed E-state index contributed by atoms with van der Waals surface area (Å²) >= 11 is 9.64. The fourth-order valence-electron chi connectivity index (χ4n) is 2.45. The lowest BCUT2D eigenvalue weighted by molar-refractivity contribution is -0.136. The summed E-state index contributed by atoms with van der Waals surface area (Å²) in [6, 6.07) is 10.7. The van der Waals surface area contributed by atoms with Gasteiger partial charge in [-0.2, -0.15) is 13.2 Å². The standard InChI is InChI=1S/C17H11BrClF3N2/c1-9(18)14-15(10-5-2-3-7-12(10)19)24-16-11(17(20,21)22)6-4-8-13(16)23-14/h2-9H,1H3. The Hall–Kier alpha value is -1.66. The van der Waals surface area contributed by atoms with Gasteiger partial charge >= 0.3 is 6.18 Å². The van der Waals surface area contributed by atoms with Crippen LogP contribution in [0.2, 0.25) is 5.02 Å². The molecule has 2 nitrogen and oxygen atoms in total. The first-order valence-corrected chi connectivity index (χ1v) is 8.35. The van der Waals surface area contributed by atoms with Crippen molar-refractivity contribution in [1.82, 2.24) is 9.97 Å². The summed E-state index contributed by atoms with van der Waals surface area (Å²) in [5, 5.41) is 0.407. The number of aromatic nitrogens is 2. The second kappa shape index (κ2) is 6.33. The Morgan fingerprint density at radius 2 is 1.75 bits per heavy atom. The van der Waals surface area contributed by atoms with Crippen LogP contribution in [0.25, 0.3) is 22.3 Å². The minimum atomic E-state index is -4.51. The summed E-state index contributed by atoms with van der Waals surface area (Å²) in [5.74, 6) is 0. The fourth-order valence-corrected chi connectivity index (χ4v) is 2.99. The maximum Gasteiger partial charge on any atom is 0.418 e. The third kappa shape index (κ3) is 3.13. The van der Waals surface area contributed by atoms with Crippen LogP contribution in [-0.4, -0.2) is 9.97 Å². The molecule has 3 rings (SSSR count). The number of hydrogen-bond donors (Lipinski definition) is 0. The zero-order valence-electron chi connectivity index (χ0n) is 12.4. The molecular formula is C17H11BrClF3N2. The zero-order valence-corrected chi connectivity index (χ0v) is 14.7. The summed E-state index contributed by atoms with van der Waals surface area (Å²) in [4.78, 5) is 8.50. The van der Waals surface area contributed by atoms with E-state index in [1.54, 1.807) is 24.3 Å². The van der Waals surface area contributed by atoms with Crippen LogP contribution in [0.5, 0.6) is 0 Å². The van der Waals surface area contributed by atoms with Crippen molar-refractivity contribution in [1.29, 1.82) is 0 Å². The van der Waals surface area contributed by atoms with Gasteiger partial charge in [0.2, 0.25) is 0 Å². The second-order valence-corrected chi connectivity index (χ2v) is 7.01. The highest BCUT2D eigenvalue weighted by Crippen LogP contribution is 2.38. The molecule has 0 aliphatic rings. The SMILES string of the molecule is CC(Br)c1nc2cccc(C(F)(F)F)c2nc1-c1ccccc1Cl. The third-order valence-electron chi connectivity index (χ3n) is 3.53. The quantitative estimate of drug-likeness (QED) is 0.451. The van der Waals surface area contributed by atoms with Crippen LogP contribution < -0.4 is 0 Å². The van der Waals surface area contributed by atoms with E-state index >= 15 is 0 Å². The molecular weight excluding hydrogens is 405 g/mol. The molecule has 0 saturated carbocycles. The number of nitrogens with zero attached hydrogens (tertiary/aromatic N) is 2. The first-order chi connectivity index (χ1) is 11.3. The average molecular weight is 416 g/mol. The fraction of sp³-hybridized carbons (Fsp3) is 0.176. The summed E-state index contributed by atoms with van der Waals surface area (Å²) in [5.41, 5.74) is 0.629. The predicted octanol–water partition coefficient (Wildman–Crippen LogP) is 6.42. The molecule has 0 bridgehead atoms. The van der Waals surface area contributed by atoms with Gasteiger partial charge in [0.1, 0.15) is 5.52 Å². The lowest BCUT2D eigenvalue weighted by Crippen LogP contribution is -2.09. The van der Waals surface area contributed by atoms with E-state index in [-0.39, 0.29) is 15.9 Å². The summed E-state index contributed by atoms with van der Waals surface area (Å²) in [6.07, 6.45) is -4.51. The number of hydrogen-bond acceptors (Lipinski definition) is 2. The number of halogens is 5. The van der Waals surface area contributed by atoms with Gasteiger partial charge in [-0.1, -0.05) is 51.8 Å². The molecule has 7 heteroatoms. The maximum atomic E-state index is 13.3. The summed E-state index contributed by atoms with van der Waals surface area (Å²) in [6.45, 7) is 1.84. The van der Waals surface area contributed by atoms with E-state index < -0.39 is 11.7 Å². The molecule has 0 spiro atoms. The number of fused-ring (bicyclic) bond motifs is 1. The van der Waals surface area contributed by atoms with Crippen LogP contribution in [-0.2, 0) is 6.18 Å². The first kappa shape index (κ1) is 17.2. The van der Waals surface area contributed by atoms with Gasteiger partial charge in [-0.05, 0) is 25.1 Å². The number of alkyl halides is 4. The Kier molecular flexibility index (Phi) is 4.53. The van der Waals surface area contributed by atoms with Crippen LogP contribution in [0.3, 0.4) is 0 Å². The van der Waals surface area contributed by atoms with Gasteiger partial charge in [-0.25, -0.2) is 9.97 Å². The lowest BCUT2D eigenvalue weighted by Gasteiger charge is -2.15. The van der Waals surface area contributed by atoms with E-state index in [9.17, 15) is 13.2 Å². The molecule has 0 aliphatic heterocycles. The van der Waals surface area contributed by atoms with Crippen molar-refractivity contribution in [2.75, 3.05) is 0 Å². The molecule has 124 valence electrons. The molecule has 0 amide bonds. The Labute approximate surface area is 149 Å². The Morgan fingerprint density at radius 3 is 2.38 bits per heavy atom. The summed E-state index contributed by atoms with van der Waals surface area (Å²) < 4.78 is 39.9. The van der Waals surface area contributed by atoms with E-state index in [0.717, 1.165) is 6.07 Å². The van der Waals surface area contributed by atoms with Crippen LogP contribution >= 0.6 is 27.5 Å². The van der Waals surface area contributed by atoms with Gasteiger partial charge in [-0.15, -0.1) is 0 Å². The van der Waals surface area contributed by atoms with Crippen molar-refractivity contribution in [2.45, 2.75) is 17.9 Å². The molecule has 2 aromatic carbocycles. The molecule has 24 heavy (non-hydrogen) atoms. The van der Waals surface area contributed by atoms with Gasteiger partial charge in [0, 0.05) is 5.56 Å². The van der Waals surface area contributed by atoms with E-state index in [2.05, 4.69) is 25.9 Å². The molecule has 0 N–H and O–H groups in total. The molecule has 3 aromatic rings. The van der Waals surface area contributed by atoms with Crippen molar-refractivity contribution in [2.24, 2.45) is 0 Å².